The van der Waals surface area contributed by atoms with Gasteiger partial charge in [0.25, 0.3) is 0 Å². The van der Waals surface area contributed by atoms with Crippen LogP contribution in [0.4, 0.5) is 0 Å². The molecule has 0 aromatic heterocycles. The minimum Gasteiger partial charge on any atom is -0.480 e. The van der Waals surface area contributed by atoms with Gasteiger partial charge in [-0.25, -0.2) is 0 Å². The summed E-state index contributed by atoms with van der Waals surface area (Å²) in [7, 11) is 0. The Morgan fingerprint density at radius 2 is 1.90 bits per heavy atom. The first-order valence-corrected chi connectivity index (χ1v) is 8.35. The highest BCUT2D eigenvalue weighted by Crippen LogP contribution is 2.63. The lowest BCUT2D eigenvalue weighted by Crippen LogP contribution is -2.55. The Kier molecular flexibility index (Phi) is 3.57. The van der Waals surface area contributed by atoms with Crippen LogP contribution in [0.3, 0.4) is 0 Å². The number of carboxylic acid groups (broad SMARTS) is 1. The van der Waals surface area contributed by atoms with Crippen molar-refractivity contribution in [3.05, 3.63) is 29.8 Å². The summed E-state index contributed by atoms with van der Waals surface area (Å²) >= 11 is 1.57. The third-order valence-electron chi connectivity index (χ3n) is 4.93. The molecule has 0 amide bonds. The minimum atomic E-state index is -0.625. The van der Waals surface area contributed by atoms with Crippen LogP contribution in [0.2, 0.25) is 0 Å². The van der Waals surface area contributed by atoms with E-state index in [4.69, 9.17) is 0 Å². The van der Waals surface area contributed by atoms with Crippen LogP contribution < -0.4 is 0 Å². The van der Waals surface area contributed by atoms with E-state index in [1.54, 1.807) is 11.8 Å². The van der Waals surface area contributed by atoms with Crippen molar-refractivity contribution in [2.45, 2.75) is 61.5 Å². The van der Waals surface area contributed by atoms with E-state index < -0.39 is 10.7 Å². The Balaban J connectivity index is 1.76. The van der Waals surface area contributed by atoms with Crippen LogP contribution in [0.1, 0.15) is 50.5 Å². The normalized spacial score (nSPS) is 23.2. The molecule has 0 radical (unpaired) electrons. The Bertz CT molecular complexity index is 509. The molecule has 1 aromatic carbocycles. The van der Waals surface area contributed by atoms with Crippen molar-refractivity contribution < 1.29 is 9.90 Å². The molecule has 1 aromatic rings. The Morgan fingerprint density at radius 1 is 1.20 bits per heavy atom. The minimum absolute atomic E-state index is 0.341. The molecule has 0 atom stereocenters. The van der Waals surface area contributed by atoms with Gasteiger partial charge in [0.1, 0.15) is 4.75 Å². The number of aliphatic carboxylic acids is 1. The Morgan fingerprint density at radius 3 is 2.50 bits per heavy atom. The van der Waals surface area contributed by atoms with Crippen molar-refractivity contribution in [3.63, 3.8) is 0 Å². The van der Waals surface area contributed by atoms with Crippen LogP contribution in [0.15, 0.2) is 29.2 Å². The van der Waals surface area contributed by atoms with Crippen molar-refractivity contribution in [2.75, 3.05) is 0 Å². The number of rotatable bonds is 3. The van der Waals surface area contributed by atoms with Crippen molar-refractivity contribution in [2.24, 2.45) is 5.41 Å². The number of carboxylic acids is 1. The molecule has 0 unspecified atom stereocenters. The van der Waals surface area contributed by atoms with E-state index >= 15 is 0 Å². The fourth-order valence-corrected chi connectivity index (χ4v) is 5.67. The summed E-state index contributed by atoms with van der Waals surface area (Å²) in [6.07, 6.45) is 8.07. The van der Waals surface area contributed by atoms with Gasteiger partial charge in [0, 0.05) is 4.90 Å². The maximum Gasteiger partial charge on any atom is 0.320 e. The average molecular weight is 290 g/mol. The number of benzene rings is 1. The fourth-order valence-electron chi connectivity index (χ4n) is 3.99. The summed E-state index contributed by atoms with van der Waals surface area (Å²) in [4.78, 5) is 12.9. The smallest absolute Gasteiger partial charge is 0.320 e. The first-order valence-electron chi connectivity index (χ1n) is 7.53. The molecule has 108 valence electrons. The van der Waals surface area contributed by atoms with Gasteiger partial charge >= 0.3 is 5.97 Å². The highest BCUT2D eigenvalue weighted by atomic mass is 32.2. The third kappa shape index (κ3) is 2.48. The van der Waals surface area contributed by atoms with Crippen molar-refractivity contribution in [1.82, 2.24) is 0 Å². The van der Waals surface area contributed by atoms with Crippen LogP contribution in [-0.4, -0.2) is 15.8 Å². The van der Waals surface area contributed by atoms with Crippen molar-refractivity contribution in [1.29, 1.82) is 0 Å². The number of hydrogen-bond donors (Lipinski definition) is 1. The van der Waals surface area contributed by atoms with Crippen LogP contribution in [0, 0.1) is 12.3 Å². The van der Waals surface area contributed by atoms with E-state index in [9.17, 15) is 9.90 Å². The van der Waals surface area contributed by atoms with E-state index in [0.29, 0.717) is 5.41 Å². The third-order valence-corrected chi connectivity index (χ3v) is 6.27. The topological polar surface area (TPSA) is 37.3 Å². The molecule has 0 bridgehead atoms. The molecule has 3 heteroatoms. The number of carbonyl (C=O) groups is 1. The van der Waals surface area contributed by atoms with Gasteiger partial charge in [-0.05, 0) is 50.2 Å². The van der Waals surface area contributed by atoms with E-state index in [2.05, 4.69) is 19.1 Å². The number of aryl methyl sites for hydroxylation is 1. The lowest BCUT2D eigenvalue weighted by Gasteiger charge is -2.55. The highest BCUT2D eigenvalue weighted by molar-refractivity contribution is 8.01. The maximum absolute atomic E-state index is 11.8. The molecule has 0 aliphatic heterocycles. The molecule has 3 rings (SSSR count). The Labute approximate surface area is 125 Å². The number of hydrogen-bond acceptors (Lipinski definition) is 2. The second-order valence-corrected chi connectivity index (χ2v) is 8.09. The van der Waals surface area contributed by atoms with Gasteiger partial charge in [0.05, 0.1) is 0 Å². The fraction of sp³-hybridized carbons (Fsp3) is 0.588. The highest BCUT2D eigenvalue weighted by Gasteiger charge is 2.59. The molecule has 2 nitrogen and oxygen atoms in total. The molecule has 1 spiro atoms. The molecule has 0 saturated heterocycles. The molecule has 0 heterocycles. The first kappa shape index (κ1) is 14.0. The summed E-state index contributed by atoms with van der Waals surface area (Å²) in [5, 5.41) is 9.71. The summed E-state index contributed by atoms with van der Waals surface area (Å²) in [6.45, 7) is 2.06. The molecule has 1 N–H and O–H groups in total. The molecule has 2 saturated carbocycles. The zero-order valence-corrected chi connectivity index (χ0v) is 12.8. The van der Waals surface area contributed by atoms with Gasteiger partial charge < -0.3 is 5.11 Å². The van der Waals surface area contributed by atoms with E-state index in [1.807, 2.05) is 12.1 Å². The maximum atomic E-state index is 11.8. The van der Waals surface area contributed by atoms with E-state index in [-0.39, 0.29) is 0 Å². The molecular weight excluding hydrogens is 268 g/mol. The predicted molar refractivity (Wildman–Crippen MR) is 82.2 cm³/mol. The first-order chi connectivity index (χ1) is 9.54. The molecule has 2 aliphatic rings. The SMILES string of the molecule is Cc1cccc(SC2(C(=O)O)CC3(CCCCC3)C2)c1. The van der Waals surface area contributed by atoms with Crippen molar-refractivity contribution in [3.8, 4) is 0 Å². The standard InChI is InChI=1S/C17H22O2S/c1-13-6-5-7-14(10-13)20-17(15(18)19)11-16(12-17)8-3-2-4-9-16/h5-7,10H,2-4,8-9,11-12H2,1H3,(H,18,19). The van der Waals surface area contributed by atoms with Crippen LogP contribution in [-0.2, 0) is 4.79 Å². The monoisotopic (exact) mass is 290 g/mol. The van der Waals surface area contributed by atoms with Gasteiger partial charge in [-0.15, -0.1) is 11.8 Å². The van der Waals surface area contributed by atoms with Gasteiger partial charge in [-0.1, -0.05) is 37.0 Å². The molecule has 20 heavy (non-hydrogen) atoms. The molecule has 2 aliphatic carbocycles. The lowest BCUT2D eigenvalue weighted by atomic mass is 9.55. The van der Waals surface area contributed by atoms with E-state index in [0.717, 1.165) is 17.7 Å². The van der Waals surface area contributed by atoms with Gasteiger partial charge in [0.15, 0.2) is 0 Å². The van der Waals surface area contributed by atoms with Gasteiger partial charge in [0.2, 0.25) is 0 Å². The van der Waals surface area contributed by atoms with Gasteiger partial charge in [-0.2, -0.15) is 0 Å². The van der Waals surface area contributed by atoms with Crippen molar-refractivity contribution >= 4 is 17.7 Å². The van der Waals surface area contributed by atoms with Crippen LogP contribution >= 0.6 is 11.8 Å². The summed E-state index contributed by atoms with van der Waals surface area (Å²) in [5.41, 5.74) is 1.54. The summed E-state index contributed by atoms with van der Waals surface area (Å²) in [6, 6.07) is 8.21. The largest absolute Gasteiger partial charge is 0.480 e. The second kappa shape index (κ2) is 5.10. The predicted octanol–water partition coefficient (Wildman–Crippen LogP) is 4.65. The molecular formula is C17H22O2S. The van der Waals surface area contributed by atoms with E-state index in [1.165, 1.54) is 37.7 Å². The van der Waals surface area contributed by atoms with Crippen LogP contribution in [0.25, 0.3) is 0 Å². The van der Waals surface area contributed by atoms with Gasteiger partial charge in [-0.3, -0.25) is 4.79 Å². The lowest BCUT2D eigenvalue weighted by molar-refractivity contribution is -0.147. The quantitative estimate of drug-likeness (QED) is 0.880. The average Bonchev–Trinajstić information content (AvgIpc) is 2.37. The molecule has 2 fully saturated rings. The van der Waals surface area contributed by atoms with Crippen LogP contribution in [0.5, 0.6) is 0 Å². The zero-order valence-electron chi connectivity index (χ0n) is 12.0. The Hall–Kier alpha value is -0.960. The summed E-state index contributed by atoms with van der Waals surface area (Å²) in [5.74, 6) is -0.625. The number of thioether (sulfide) groups is 1. The summed E-state index contributed by atoms with van der Waals surface area (Å²) < 4.78 is -0.578. The second-order valence-electron chi connectivity index (χ2n) is 6.63. The zero-order chi connectivity index (χ0) is 14.2.